The van der Waals surface area contributed by atoms with Gasteiger partial charge in [0.15, 0.2) is 11.6 Å². The highest BCUT2D eigenvalue weighted by Crippen LogP contribution is 2.24. The van der Waals surface area contributed by atoms with Gasteiger partial charge in [-0.05, 0) is 55.2 Å². The van der Waals surface area contributed by atoms with Crippen molar-refractivity contribution in [2.45, 2.75) is 33.9 Å². The summed E-state index contributed by atoms with van der Waals surface area (Å²) in [7, 11) is 1.77. The molecule has 0 spiro atoms. The van der Waals surface area contributed by atoms with E-state index in [1.807, 2.05) is 55.7 Å². The highest BCUT2D eigenvalue weighted by Gasteiger charge is 2.23. The molecule has 0 aliphatic heterocycles. The molecule has 1 amide bonds. The molecule has 0 bridgehead atoms. The zero-order chi connectivity index (χ0) is 20.4. The van der Waals surface area contributed by atoms with Crippen molar-refractivity contribution in [1.29, 1.82) is 0 Å². The number of hydrogen-bond acceptors (Lipinski definition) is 1. The number of hydrogen-bond donors (Lipinski definition) is 0. The summed E-state index contributed by atoms with van der Waals surface area (Å²) in [4.78, 5) is 14.9. The third kappa shape index (κ3) is 3.84. The standard InChI is InChI=1S/C23H24F2N2O/c1-15-16(2)22(23(28)26(4)13-18-8-6-5-7-9-18)27(17(15)3)14-19-10-11-20(24)21(25)12-19/h5-12H,13-14H2,1-4H3. The van der Waals surface area contributed by atoms with Crippen molar-refractivity contribution in [2.24, 2.45) is 0 Å². The first-order valence-corrected chi connectivity index (χ1v) is 9.19. The molecule has 2 aromatic carbocycles. The van der Waals surface area contributed by atoms with E-state index < -0.39 is 11.6 Å². The maximum Gasteiger partial charge on any atom is 0.270 e. The van der Waals surface area contributed by atoms with Gasteiger partial charge >= 0.3 is 0 Å². The Morgan fingerprint density at radius 3 is 2.25 bits per heavy atom. The number of carbonyl (C=O) groups is 1. The monoisotopic (exact) mass is 382 g/mol. The average Bonchev–Trinajstić information content (AvgIpc) is 2.89. The molecule has 146 valence electrons. The van der Waals surface area contributed by atoms with Crippen molar-refractivity contribution < 1.29 is 13.6 Å². The van der Waals surface area contributed by atoms with Gasteiger partial charge in [-0.1, -0.05) is 36.4 Å². The summed E-state index contributed by atoms with van der Waals surface area (Å²) in [6, 6.07) is 13.6. The highest BCUT2D eigenvalue weighted by atomic mass is 19.2. The van der Waals surface area contributed by atoms with E-state index in [0.29, 0.717) is 24.3 Å². The molecule has 1 heterocycles. The molecule has 0 atom stereocenters. The number of aromatic nitrogens is 1. The second kappa shape index (κ2) is 7.97. The van der Waals surface area contributed by atoms with Crippen LogP contribution in [0, 0.1) is 32.4 Å². The minimum absolute atomic E-state index is 0.0971. The van der Waals surface area contributed by atoms with E-state index in [2.05, 4.69) is 0 Å². The van der Waals surface area contributed by atoms with Crippen LogP contribution in [-0.4, -0.2) is 22.4 Å². The molecule has 0 unspecified atom stereocenters. The summed E-state index contributed by atoms with van der Waals surface area (Å²) in [5.74, 6) is -1.86. The first-order valence-electron chi connectivity index (χ1n) is 9.19. The minimum atomic E-state index is -0.884. The van der Waals surface area contributed by atoms with Crippen molar-refractivity contribution >= 4 is 5.91 Å². The molecule has 0 saturated heterocycles. The Labute approximate surface area is 164 Å². The molecule has 0 aliphatic carbocycles. The Morgan fingerprint density at radius 2 is 1.61 bits per heavy atom. The maximum absolute atomic E-state index is 13.6. The Hall–Kier alpha value is -2.95. The largest absolute Gasteiger partial charge is 0.336 e. The first kappa shape index (κ1) is 19.8. The molecular weight excluding hydrogens is 358 g/mol. The molecule has 0 radical (unpaired) electrons. The van der Waals surface area contributed by atoms with Crippen LogP contribution in [0.1, 0.15) is 38.4 Å². The molecule has 1 aromatic heterocycles. The topological polar surface area (TPSA) is 25.2 Å². The van der Waals surface area contributed by atoms with Crippen LogP contribution in [0.5, 0.6) is 0 Å². The van der Waals surface area contributed by atoms with E-state index in [9.17, 15) is 13.6 Å². The highest BCUT2D eigenvalue weighted by molar-refractivity contribution is 5.94. The van der Waals surface area contributed by atoms with Crippen LogP contribution < -0.4 is 0 Å². The molecular formula is C23H24F2N2O. The van der Waals surface area contributed by atoms with Crippen LogP contribution >= 0.6 is 0 Å². The van der Waals surface area contributed by atoms with Crippen molar-refractivity contribution in [3.8, 4) is 0 Å². The molecule has 0 saturated carbocycles. The third-order valence-electron chi connectivity index (χ3n) is 5.27. The molecule has 28 heavy (non-hydrogen) atoms. The fraction of sp³-hybridized carbons (Fsp3) is 0.261. The second-order valence-electron chi connectivity index (χ2n) is 7.17. The van der Waals surface area contributed by atoms with Gasteiger partial charge in [0.25, 0.3) is 5.91 Å². The van der Waals surface area contributed by atoms with Gasteiger partial charge in [-0.3, -0.25) is 4.79 Å². The summed E-state index contributed by atoms with van der Waals surface area (Å²) in [6.07, 6.45) is 0. The van der Waals surface area contributed by atoms with Gasteiger partial charge in [0.2, 0.25) is 0 Å². The van der Waals surface area contributed by atoms with E-state index >= 15 is 0 Å². The third-order valence-corrected chi connectivity index (χ3v) is 5.27. The number of carbonyl (C=O) groups excluding carboxylic acids is 1. The van der Waals surface area contributed by atoms with E-state index in [-0.39, 0.29) is 5.91 Å². The maximum atomic E-state index is 13.6. The number of benzene rings is 2. The Kier molecular flexibility index (Phi) is 5.63. The zero-order valence-electron chi connectivity index (χ0n) is 16.6. The van der Waals surface area contributed by atoms with E-state index in [1.165, 1.54) is 6.07 Å². The lowest BCUT2D eigenvalue weighted by atomic mass is 10.1. The van der Waals surface area contributed by atoms with Gasteiger partial charge in [0.1, 0.15) is 5.69 Å². The van der Waals surface area contributed by atoms with Gasteiger partial charge in [-0.15, -0.1) is 0 Å². The quantitative estimate of drug-likeness (QED) is 0.609. The van der Waals surface area contributed by atoms with Crippen LogP contribution in [-0.2, 0) is 13.1 Å². The lowest BCUT2D eigenvalue weighted by Crippen LogP contribution is -2.29. The number of rotatable bonds is 5. The average molecular weight is 382 g/mol. The van der Waals surface area contributed by atoms with E-state index in [4.69, 9.17) is 0 Å². The summed E-state index contributed by atoms with van der Waals surface area (Å²) >= 11 is 0. The smallest absolute Gasteiger partial charge is 0.270 e. The van der Waals surface area contributed by atoms with Gasteiger partial charge in [-0.2, -0.15) is 0 Å². The number of nitrogens with zero attached hydrogens (tertiary/aromatic N) is 2. The normalized spacial score (nSPS) is 10.9. The summed E-state index contributed by atoms with van der Waals surface area (Å²) < 4.78 is 28.8. The summed E-state index contributed by atoms with van der Waals surface area (Å²) in [5, 5.41) is 0. The van der Waals surface area contributed by atoms with Crippen molar-refractivity contribution in [3.05, 3.63) is 93.8 Å². The Morgan fingerprint density at radius 1 is 0.929 bits per heavy atom. The molecule has 5 heteroatoms. The second-order valence-corrected chi connectivity index (χ2v) is 7.17. The lowest BCUT2D eigenvalue weighted by molar-refractivity contribution is 0.0773. The van der Waals surface area contributed by atoms with Gasteiger partial charge in [-0.25, -0.2) is 8.78 Å². The number of amides is 1. The van der Waals surface area contributed by atoms with Crippen LogP contribution in [0.15, 0.2) is 48.5 Å². The Bertz CT molecular complexity index is 1010. The predicted molar refractivity (Wildman–Crippen MR) is 106 cm³/mol. The van der Waals surface area contributed by atoms with Crippen molar-refractivity contribution in [2.75, 3.05) is 7.05 Å². The van der Waals surface area contributed by atoms with Gasteiger partial charge in [0, 0.05) is 25.8 Å². The molecule has 0 N–H and O–H groups in total. The van der Waals surface area contributed by atoms with Crippen LogP contribution in [0.3, 0.4) is 0 Å². The zero-order valence-corrected chi connectivity index (χ0v) is 16.6. The molecule has 3 nitrogen and oxygen atoms in total. The Balaban J connectivity index is 1.94. The fourth-order valence-corrected chi connectivity index (χ4v) is 3.43. The van der Waals surface area contributed by atoms with Crippen LogP contribution in [0.25, 0.3) is 0 Å². The van der Waals surface area contributed by atoms with Crippen LogP contribution in [0.4, 0.5) is 8.78 Å². The van der Waals surface area contributed by atoms with Gasteiger partial charge < -0.3 is 9.47 Å². The van der Waals surface area contributed by atoms with Crippen molar-refractivity contribution in [1.82, 2.24) is 9.47 Å². The lowest BCUT2D eigenvalue weighted by Gasteiger charge is -2.20. The molecule has 3 aromatic rings. The molecule has 0 aliphatic rings. The van der Waals surface area contributed by atoms with Crippen LogP contribution in [0.2, 0.25) is 0 Å². The van der Waals surface area contributed by atoms with Gasteiger partial charge in [0.05, 0.1) is 0 Å². The fourth-order valence-electron chi connectivity index (χ4n) is 3.43. The van der Waals surface area contributed by atoms with E-state index in [1.54, 1.807) is 18.0 Å². The summed E-state index contributed by atoms with van der Waals surface area (Å²) in [5.41, 5.74) is 5.11. The SMILES string of the molecule is Cc1c(C)c(C(=O)N(C)Cc2ccccc2)n(Cc2ccc(F)c(F)c2)c1C. The minimum Gasteiger partial charge on any atom is -0.336 e. The van der Waals surface area contributed by atoms with E-state index in [0.717, 1.165) is 28.5 Å². The predicted octanol–water partition coefficient (Wildman–Crippen LogP) is 5.01. The molecule has 0 fully saturated rings. The molecule has 3 rings (SSSR count). The van der Waals surface area contributed by atoms with Crippen molar-refractivity contribution in [3.63, 3.8) is 0 Å². The number of halogens is 2. The summed E-state index contributed by atoms with van der Waals surface area (Å²) in [6.45, 7) is 6.63. The first-order chi connectivity index (χ1) is 13.3.